The number of hydrogen-bond donors (Lipinski definition) is 1. The van der Waals surface area contributed by atoms with Crippen LogP contribution in [0.3, 0.4) is 0 Å². The maximum atomic E-state index is 9.45. The Morgan fingerprint density at radius 3 is 2.82 bits per heavy atom. The molecule has 1 fully saturated rings. The van der Waals surface area contributed by atoms with E-state index in [1.165, 1.54) is 19.3 Å². The fourth-order valence-electron chi connectivity index (χ4n) is 2.34. The molecule has 2 heterocycles. The molecule has 17 heavy (non-hydrogen) atoms. The van der Waals surface area contributed by atoms with Crippen molar-refractivity contribution in [3.8, 4) is 11.5 Å². The zero-order valence-electron chi connectivity index (χ0n) is 9.72. The standard InChI is InChI=1S/C13H16N2O2/c16-10-4-5-12-11(8-10)14-13(9-17-12)15-6-2-1-3-7-15/h4-5,8,16H,1-3,6-7,9H2. The monoisotopic (exact) mass is 232 g/mol. The number of rotatable bonds is 0. The van der Waals surface area contributed by atoms with Crippen molar-refractivity contribution in [3.63, 3.8) is 0 Å². The molecule has 0 spiro atoms. The molecular weight excluding hydrogens is 216 g/mol. The topological polar surface area (TPSA) is 45.1 Å². The van der Waals surface area contributed by atoms with Gasteiger partial charge < -0.3 is 14.7 Å². The summed E-state index contributed by atoms with van der Waals surface area (Å²) in [5.74, 6) is 1.97. The third-order valence-corrected chi connectivity index (χ3v) is 3.27. The molecule has 1 N–H and O–H groups in total. The molecule has 0 bridgehead atoms. The minimum Gasteiger partial charge on any atom is -0.508 e. The van der Waals surface area contributed by atoms with Gasteiger partial charge in [-0.1, -0.05) is 0 Å². The molecule has 0 saturated carbocycles. The first-order valence-corrected chi connectivity index (χ1v) is 6.11. The predicted molar refractivity (Wildman–Crippen MR) is 66.1 cm³/mol. The summed E-state index contributed by atoms with van der Waals surface area (Å²) in [6.07, 6.45) is 3.76. The van der Waals surface area contributed by atoms with Gasteiger partial charge in [-0.2, -0.15) is 0 Å². The van der Waals surface area contributed by atoms with Gasteiger partial charge in [0.1, 0.15) is 29.6 Å². The number of amidine groups is 1. The van der Waals surface area contributed by atoms with E-state index in [-0.39, 0.29) is 5.75 Å². The van der Waals surface area contributed by atoms with Gasteiger partial charge in [-0.3, -0.25) is 0 Å². The second-order valence-electron chi connectivity index (χ2n) is 4.52. The summed E-state index contributed by atoms with van der Waals surface area (Å²) in [6.45, 7) is 2.67. The van der Waals surface area contributed by atoms with Crippen molar-refractivity contribution in [2.24, 2.45) is 4.99 Å². The third kappa shape index (κ3) is 2.07. The molecule has 1 saturated heterocycles. The Labute approximate surface area is 101 Å². The molecule has 90 valence electrons. The Morgan fingerprint density at radius 2 is 2.00 bits per heavy atom. The molecule has 2 aliphatic heterocycles. The van der Waals surface area contributed by atoms with Crippen LogP contribution in [-0.2, 0) is 0 Å². The number of fused-ring (bicyclic) bond motifs is 1. The molecular formula is C13H16N2O2. The molecule has 1 aromatic rings. The van der Waals surface area contributed by atoms with E-state index >= 15 is 0 Å². The van der Waals surface area contributed by atoms with Crippen molar-refractivity contribution in [2.45, 2.75) is 19.3 Å². The number of likely N-dealkylation sites (tertiary alicyclic amines) is 1. The molecule has 0 amide bonds. The van der Waals surface area contributed by atoms with E-state index in [1.807, 2.05) is 0 Å². The molecule has 0 unspecified atom stereocenters. The third-order valence-electron chi connectivity index (χ3n) is 3.27. The fraction of sp³-hybridized carbons (Fsp3) is 0.462. The maximum Gasteiger partial charge on any atom is 0.146 e. The number of nitrogens with zero attached hydrogens (tertiary/aromatic N) is 2. The van der Waals surface area contributed by atoms with Crippen LogP contribution in [0.5, 0.6) is 11.5 Å². The number of phenols is 1. The summed E-state index contributed by atoms with van der Waals surface area (Å²) in [4.78, 5) is 6.88. The molecule has 1 aromatic carbocycles. The quantitative estimate of drug-likeness (QED) is 0.746. The first-order chi connectivity index (χ1) is 8.33. The normalized spacial score (nSPS) is 19.3. The second kappa shape index (κ2) is 4.28. The van der Waals surface area contributed by atoms with E-state index in [9.17, 15) is 5.11 Å². The number of aliphatic imine (C=N–C) groups is 1. The predicted octanol–water partition coefficient (Wildman–Crippen LogP) is 2.30. The molecule has 4 nitrogen and oxygen atoms in total. The van der Waals surface area contributed by atoms with E-state index in [0.717, 1.165) is 30.4 Å². The highest BCUT2D eigenvalue weighted by atomic mass is 16.5. The average molecular weight is 232 g/mol. The second-order valence-corrected chi connectivity index (χ2v) is 4.52. The molecule has 0 aliphatic carbocycles. The first kappa shape index (κ1) is 10.4. The lowest BCUT2D eigenvalue weighted by Crippen LogP contribution is -2.39. The molecule has 0 aromatic heterocycles. The van der Waals surface area contributed by atoms with Gasteiger partial charge in [0.25, 0.3) is 0 Å². The Balaban J connectivity index is 1.87. The van der Waals surface area contributed by atoms with E-state index in [4.69, 9.17) is 4.74 Å². The van der Waals surface area contributed by atoms with Gasteiger partial charge in [-0.25, -0.2) is 4.99 Å². The highest BCUT2D eigenvalue weighted by molar-refractivity contribution is 5.89. The van der Waals surface area contributed by atoms with Gasteiger partial charge in [-0.15, -0.1) is 0 Å². The lowest BCUT2D eigenvalue weighted by atomic mass is 10.1. The van der Waals surface area contributed by atoms with Crippen LogP contribution in [-0.4, -0.2) is 35.5 Å². The van der Waals surface area contributed by atoms with Crippen molar-refractivity contribution in [2.75, 3.05) is 19.7 Å². The van der Waals surface area contributed by atoms with Crippen LogP contribution in [0.4, 0.5) is 5.69 Å². The minimum absolute atomic E-state index is 0.232. The highest BCUT2D eigenvalue weighted by Crippen LogP contribution is 2.34. The van der Waals surface area contributed by atoms with Crippen molar-refractivity contribution in [1.29, 1.82) is 0 Å². The summed E-state index contributed by atoms with van der Waals surface area (Å²) in [6, 6.07) is 5.04. The van der Waals surface area contributed by atoms with Gasteiger partial charge in [0.05, 0.1) is 0 Å². The summed E-state index contributed by atoms with van der Waals surface area (Å²) < 4.78 is 5.66. The van der Waals surface area contributed by atoms with Crippen molar-refractivity contribution < 1.29 is 9.84 Å². The van der Waals surface area contributed by atoms with Gasteiger partial charge in [0.15, 0.2) is 0 Å². The van der Waals surface area contributed by atoms with E-state index in [2.05, 4.69) is 9.89 Å². The van der Waals surface area contributed by atoms with E-state index < -0.39 is 0 Å². The van der Waals surface area contributed by atoms with Gasteiger partial charge in [0, 0.05) is 19.2 Å². The van der Waals surface area contributed by atoms with Crippen molar-refractivity contribution in [1.82, 2.24) is 4.90 Å². The van der Waals surface area contributed by atoms with E-state index in [1.54, 1.807) is 18.2 Å². The lowest BCUT2D eigenvalue weighted by Gasteiger charge is -2.31. The van der Waals surface area contributed by atoms with Gasteiger partial charge >= 0.3 is 0 Å². The van der Waals surface area contributed by atoms with Gasteiger partial charge in [-0.05, 0) is 31.4 Å². The summed E-state index contributed by atoms with van der Waals surface area (Å²) >= 11 is 0. The number of hydrogen-bond acceptors (Lipinski definition) is 4. The molecule has 4 heteroatoms. The largest absolute Gasteiger partial charge is 0.508 e. The Hall–Kier alpha value is -1.71. The summed E-state index contributed by atoms with van der Waals surface area (Å²) in [5, 5.41) is 9.45. The van der Waals surface area contributed by atoms with Crippen LogP contribution in [0.2, 0.25) is 0 Å². The zero-order chi connectivity index (χ0) is 11.7. The average Bonchev–Trinajstić information content (AvgIpc) is 2.39. The van der Waals surface area contributed by atoms with Crippen LogP contribution in [0.25, 0.3) is 0 Å². The van der Waals surface area contributed by atoms with Gasteiger partial charge in [0.2, 0.25) is 0 Å². The smallest absolute Gasteiger partial charge is 0.146 e. The van der Waals surface area contributed by atoms with Crippen molar-refractivity contribution in [3.05, 3.63) is 18.2 Å². The van der Waals surface area contributed by atoms with Crippen molar-refractivity contribution >= 4 is 11.5 Å². The number of aromatic hydroxyl groups is 1. The highest BCUT2D eigenvalue weighted by Gasteiger charge is 2.20. The molecule has 0 atom stereocenters. The zero-order valence-corrected chi connectivity index (χ0v) is 9.72. The van der Waals surface area contributed by atoms with E-state index in [0.29, 0.717) is 6.61 Å². The van der Waals surface area contributed by atoms with Crippen LogP contribution in [0, 0.1) is 0 Å². The molecule has 3 rings (SSSR count). The minimum atomic E-state index is 0.232. The van der Waals surface area contributed by atoms with Crippen LogP contribution in [0.15, 0.2) is 23.2 Å². The summed E-state index contributed by atoms with van der Waals surface area (Å²) in [5.41, 5.74) is 0.733. The fourth-order valence-corrected chi connectivity index (χ4v) is 2.34. The Bertz CT molecular complexity index is 451. The molecule has 0 radical (unpaired) electrons. The maximum absolute atomic E-state index is 9.45. The Kier molecular flexibility index (Phi) is 2.63. The summed E-state index contributed by atoms with van der Waals surface area (Å²) in [7, 11) is 0. The Morgan fingerprint density at radius 1 is 1.18 bits per heavy atom. The number of ether oxygens (including phenoxy) is 1. The van der Waals surface area contributed by atoms with Crippen LogP contribution in [0.1, 0.15) is 19.3 Å². The van der Waals surface area contributed by atoms with Crippen LogP contribution >= 0.6 is 0 Å². The number of piperidine rings is 1. The van der Waals surface area contributed by atoms with Crippen LogP contribution < -0.4 is 4.74 Å². The molecule has 2 aliphatic rings. The number of benzene rings is 1. The first-order valence-electron chi connectivity index (χ1n) is 6.11. The number of phenolic OH excluding ortho intramolecular Hbond substituents is 1. The lowest BCUT2D eigenvalue weighted by molar-refractivity contribution is 0.298. The SMILES string of the molecule is Oc1ccc2c(c1)N=C(N1CCCCC1)CO2.